The van der Waals surface area contributed by atoms with E-state index in [0.29, 0.717) is 15.9 Å². The van der Waals surface area contributed by atoms with Gasteiger partial charge < -0.3 is 0 Å². The molecule has 0 aliphatic rings. The average Bonchev–Trinajstić information content (AvgIpc) is 2.73. The van der Waals surface area contributed by atoms with E-state index in [1.54, 1.807) is 12.1 Å². The third kappa shape index (κ3) is 5.25. The highest BCUT2D eigenvalue weighted by Crippen LogP contribution is 2.21. The minimum Gasteiger partial charge on any atom is -0.298 e. The zero-order valence-electron chi connectivity index (χ0n) is 17.2. The Morgan fingerprint density at radius 1 is 0.871 bits per heavy atom. The number of hydrogen-bond acceptors (Lipinski definition) is 8. The van der Waals surface area contributed by atoms with Crippen molar-refractivity contribution in [2.75, 3.05) is 32.0 Å². The van der Waals surface area contributed by atoms with Gasteiger partial charge in [-0.2, -0.15) is 10.2 Å². The maximum Gasteiger partial charge on any atom is 0.271 e. The van der Waals surface area contributed by atoms with Crippen LogP contribution in [0.25, 0.3) is 0 Å². The summed E-state index contributed by atoms with van der Waals surface area (Å²) >= 11 is 0. The fourth-order valence-electron chi connectivity index (χ4n) is 2.66. The van der Waals surface area contributed by atoms with Gasteiger partial charge in [0.15, 0.2) is 5.36 Å². The van der Waals surface area contributed by atoms with E-state index in [9.17, 15) is 19.7 Å². The standard InChI is InChI=1S/C21H20N6O4/c1-27(2,3)17-9-5-7-15(13-17)23-25-20-19(28)11-10-18(21(20)29)24-22-14-6-4-8-16(12-14)26(30)31/h4-13H,1-3H3,(H-,22,23,28,29)/p+1. The summed E-state index contributed by atoms with van der Waals surface area (Å²) in [4.78, 5) is 35.1. The normalized spacial score (nSPS) is 12.6. The Kier molecular flexibility index (Phi) is 6.02. The van der Waals surface area contributed by atoms with Crippen LogP contribution in [0.1, 0.15) is 0 Å². The number of benzene rings is 3. The molecule has 0 amide bonds. The predicted octanol–water partition coefficient (Wildman–Crippen LogP) is 1.24. The van der Waals surface area contributed by atoms with Gasteiger partial charge in [-0.05, 0) is 30.3 Å². The van der Waals surface area contributed by atoms with Gasteiger partial charge >= 0.3 is 0 Å². The van der Waals surface area contributed by atoms with E-state index in [0.717, 1.165) is 5.69 Å². The van der Waals surface area contributed by atoms with Crippen LogP contribution in [0, 0.1) is 10.1 Å². The largest absolute Gasteiger partial charge is 0.298 e. The lowest BCUT2D eigenvalue weighted by molar-refractivity contribution is -0.384. The first kappa shape index (κ1) is 21.5. The molecule has 0 aromatic heterocycles. The van der Waals surface area contributed by atoms with Crippen molar-refractivity contribution in [1.82, 2.24) is 4.48 Å². The number of nitro benzene ring substituents is 1. The van der Waals surface area contributed by atoms with E-state index in [1.165, 1.54) is 30.3 Å². The molecule has 3 aromatic rings. The van der Waals surface area contributed by atoms with Crippen molar-refractivity contribution in [3.63, 3.8) is 0 Å². The molecule has 158 valence electrons. The highest BCUT2D eigenvalue weighted by molar-refractivity contribution is 5.55. The lowest BCUT2D eigenvalue weighted by Gasteiger charge is -2.23. The first-order valence-corrected chi connectivity index (χ1v) is 9.26. The Balaban J connectivity index is 1.93. The molecule has 3 rings (SSSR count). The zero-order valence-corrected chi connectivity index (χ0v) is 17.2. The fourth-order valence-corrected chi connectivity index (χ4v) is 2.66. The molecule has 0 heterocycles. The van der Waals surface area contributed by atoms with Crippen molar-refractivity contribution in [2.45, 2.75) is 0 Å². The maximum atomic E-state index is 12.7. The molecular weight excluding hydrogens is 400 g/mol. The SMILES string of the molecule is C[N+](C)(C)c1cccc(NN=c2c(=O)ccc(=NNc3cccc([N+](=O)[O-])c3)c2=O)c1. The topological polar surface area (TPSA) is 126 Å². The predicted molar refractivity (Wildman–Crippen MR) is 119 cm³/mol. The summed E-state index contributed by atoms with van der Waals surface area (Å²) in [6, 6.07) is 15.6. The second kappa shape index (κ2) is 8.67. The average molecular weight is 421 g/mol. The molecule has 0 radical (unpaired) electrons. The van der Waals surface area contributed by atoms with Gasteiger partial charge in [0.05, 0.1) is 37.4 Å². The van der Waals surface area contributed by atoms with Crippen molar-refractivity contribution in [3.8, 4) is 0 Å². The number of rotatable bonds is 6. The van der Waals surface area contributed by atoms with E-state index in [2.05, 4.69) is 21.1 Å². The minimum atomic E-state index is -0.666. The summed E-state index contributed by atoms with van der Waals surface area (Å²) in [5.41, 5.74) is 5.98. The summed E-state index contributed by atoms with van der Waals surface area (Å²) in [6.07, 6.45) is 0. The smallest absolute Gasteiger partial charge is 0.271 e. The Morgan fingerprint density at radius 2 is 1.52 bits per heavy atom. The molecule has 2 N–H and O–H groups in total. The van der Waals surface area contributed by atoms with Crippen LogP contribution < -0.4 is 36.9 Å². The molecule has 0 aliphatic heterocycles. The van der Waals surface area contributed by atoms with Crippen LogP contribution in [-0.4, -0.2) is 26.1 Å². The minimum absolute atomic E-state index is 0.0493. The van der Waals surface area contributed by atoms with Gasteiger partial charge in [-0.25, -0.2) is 0 Å². The number of nitrogens with one attached hydrogen (secondary N) is 2. The van der Waals surface area contributed by atoms with Gasteiger partial charge in [0.1, 0.15) is 11.0 Å². The van der Waals surface area contributed by atoms with Crippen molar-refractivity contribution in [2.24, 2.45) is 10.2 Å². The summed E-state index contributed by atoms with van der Waals surface area (Å²) in [5, 5.41) is 18.5. The second-order valence-corrected chi connectivity index (χ2v) is 7.58. The highest BCUT2D eigenvalue weighted by Gasteiger charge is 2.12. The molecule has 0 aliphatic carbocycles. The van der Waals surface area contributed by atoms with Crippen LogP contribution in [0.2, 0.25) is 0 Å². The van der Waals surface area contributed by atoms with E-state index in [-0.39, 0.29) is 16.4 Å². The lowest BCUT2D eigenvalue weighted by atomic mass is 10.2. The van der Waals surface area contributed by atoms with Crippen molar-refractivity contribution in [1.29, 1.82) is 0 Å². The van der Waals surface area contributed by atoms with Crippen LogP contribution in [0.5, 0.6) is 0 Å². The number of hydrogen-bond donors (Lipinski definition) is 2. The summed E-state index contributed by atoms with van der Waals surface area (Å²) in [7, 11) is 6.04. The molecule has 0 fully saturated rings. The van der Waals surface area contributed by atoms with Crippen molar-refractivity contribution < 1.29 is 4.92 Å². The van der Waals surface area contributed by atoms with Gasteiger partial charge in [-0.1, -0.05) is 12.1 Å². The van der Waals surface area contributed by atoms with E-state index >= 15 is 0 Å². The summed E-state index contributed by atoms with van der Waals surface area (Å²) in [5.74, 6) is 0. The van der Waals surface area contributed by atoms with E-state index < -0.39 is 15.8 Å². The van der Waals surface area contributed by atoms with Crippen LogP contribution in [0.4, 0.5) is 22.7 Å². The molecule has 0 bridgehead atoms. The van der Waals surface area contributed by atoms with Gasteiger partial charge in [-0.3, -0.25) is 35.0 Å². The molecule has 0 saturated heterocycles. The molecule has 10 heteroatoms. The Hall–Kier alpha value is -4.18. The summed E-state index contributed by atoms with van der Waals surface area (Å²) in [6.45, 7) is 0. The van der Waals surface area contributed by atoms with Crippen molar-refractivity contribution >= 4 is 22.7 Å². The number of nitro groups is 1. The van der Waals surface area contributed by atoms with Crippen molar-refractivity contribution in [3.05, 3.63) is 102 Å². The zero-order chi connectivity index (χ0) is 22.6. The van der Waals surface area contributed by atoms with E-state index in [4.69, 9.17) is 0 Å². The van der Waals surface area contributed by atoms with Crippen LogP contribution >= 0.6 is 0 Å². The first-order chi connectivity index (χ1) is 14.6. The number of anilines is 2. The number of quaternary nitrogens is 1. The lowest BCUT2D eigenvalue weighted by Crippen LogP contribution is -2.48. The second-order valence-electron chi connectivity index (χ2n) is 7.58. The van der Waals surface area contributed by atoms with Crippen LogP contribution in [-0.2, 0) is 0 Å². The highest BCUT2D eigenvalue weighted by atomic mass is 16.6. The quantitative estimate of drug-likeness (QED) is 0.350. The van der Waals surface area contributed by atoms with Gasteiger partial charge in [0.25, 0.3) is 5.69 Å². The summed E-state index contributed by atoms with van der Waals surface area (Å²) < 4.78 is 0.590. The molecule has 0 spiro atoms. The molecule has 0 unspecified atom stereocenters. The Bertz CT molecular complexity index is 1350. The van der Waals surface area contributed by atoms with Gasteiger partial charge in [0.2, 0.25) is 10.9 Å². The molecule has 3 aromatic carbocycles. The maximum absolute atomic E-state index is 12.7. The van der Waals surface area contributed by atoms with Crippen LogP contribution in [0.3, 0.4) is 0 Å². The number of non-ortho nitro benzene ring substituents is 1. The molecule has 0 saturated carbocycles. The first-order valence-electron chi connectivity index (χ1n) is 9.26. The molecular formula is C21H21N6O4+. The Labute approximate surface area is 176 Å². The molecule has 31 heavy (non-hydrogen) atoms. The van der Waals surface area contributed by atoms with Gasteiger partial charge in [0, 0.05) is 18.2 Å². The fraction of sp³-hybridized carbons (Fsp3) is 0.143. The molecule has 10 nitrogen and oxygen atoms in total. The third-order valence-electron chi connectivity index (χ3n) is 4.35. The molecule has 0 atom stereocenters. The van der Waals surface area contributed by atoms with Crippen LogP contribution in [0.15, 0.2) is 80.5 Å². The van der Waals surface area contributed by atoms with Gasteiger partial charge in [-0.15, -0.1) is 0 Å². The number of nitrogens with zero attached hydrogens (tertiary/aromatic N) is 4. The monoisotopic (exact) mass is 421 g/mol. The third-order valence-corrected chi connectivity index (χ3v) is 4.35. The van der Waals surface area contributed by atoms with E-state index in [1.807, 2.05) is 39.3 Å². The Morgan fingerprint density at radius 3 is 2.19 bits per heavy atom.